The number of azo groups is 1. The van der Waals surface area contributed by atoms with Crippen molar-refractivity contribution in [1.29, 1.82) is 0 Å². The lowest BCUT2D eigenvalue weighted by Gasteiger charge is -2.09. The molecule has 0 fully saturated rings. The zero-order valence-corrected chi connectivity index (χ0v) is 11.5. The first-order valence-corrected chi connectivity index (χ1v) is 6.73. The molecule has 1 aliphatic heterocycles. The Morgan fingerprint density at radius 2 is 1.90 bits per heavy atom. The van der Waals surface area contributed by atoms with E-state index in [1.165, 1.54) is 0 Å². The molecule has 6 nitrogen and oxygen atoms in total. The maximum absolute atomic E-state index is 5.93. The number of halogens is 1. The van der Waals surface area contributed by atoms with Crippen LogP contribution in [0.1, 0.15) is 17.2 Å². The van der Waals surface area contributed by atoms with Gasteiger partial charge in [-0.25, -0.2) is 5.10 Å². The third kappa shape index (κ3) is 2.09. The fourth-order valence-electron chi connectivity index (χ4n) is 2.37. The summed E-state index contributed by atoms with van der Waals surface area (Å²) in [5.41, 5.74) is 3.86. The van der Waals surface area contributed by atoms with Gasteiger partial charge in [0.25, 0.3) is 0 Å². The second-order valence-electron chi connectivity index (χ2n) is 4.69. The van der Waals surface area contributed by atoms with Gasteiger partial charge in [-0.15, -0.1) is 5.10 Å². The summed E-state index contributed by atoms with van der Waals surface area (Å²) < 4.78 is 0. The summed E-state index contributed by atoms with van der Waals surface area (Å²) >= 11 is 5.93. The van der Waals surface area contributed by atoms with Crippen molar-refractivity contribution in [2.75, 3.05) is 0 Å². The number of fused-ring (bicyclic) bond motifs is 1. The van der Waals surface area contributed by atoms with Gasteiger partial charge >= 0.3 is 0 Å². The SMILES string of the molecule is Clc1ccc(C2N=Nc3ccc(-c4nnn[nH]4)cc32)cc1. The number of hydrogen-bond acceptors (Lipinski definition) is 5. The normalized spacial score (nSPS) is 16.1. The highest BCUT2D eigenvalue weighted by molar-refractivity contribution is 6.30. The van der Waals surface area contributed by atoms with Gasteiger partial charge in [0, 0.05) is 16.1 Å². The number of aromatic amines is 1. The van der Waals surface area contributed by atoms with E-state index < -0.39 is 0 Å². The van der Waals surface area contributed by atoms with Crippen LogP contribution in [0.5, 0.6) is 0 Å². The average molecular weight is 297 g/mol. The summed E-state index contributed by atoms with van der Waals surface area (Å²) in [6, 6.07) is 13.4. The van der Waals surface area contributed by atoms with E-state index in [2.05, 4.69) is 30.9 Å². The van der Waals surface area contributed by atoms with Gasteiger partial charge in [0.1, 0.15) is 6.04 Å². The first-order valence-electron chi connectivity index (χ1n) is 6.35. The largest absolute Gasteiger partial charge is 0.239 e. The van der Waals surface area contributed by atoms with Crippen molar-refractivity contribution in [1.82, 2.24) is 20.6 Å². The van der Waals surface area contributed by atoms with Gasteiger partial charge in [-0.2, -0.15) is 10.2 Å². The Balaban J connectivity index is 1.78. The van der Waals surface area contributed by atoms with Gasteiger partial charge in [-0.1, -0.05) is 23.7 Å². The predicted molar refractivity (Wildman–Crippen MR) is 77.4 cm³/mol. The molecule has 3 aromatic rings. The van der Waals surface area contributed by atoms with E-state index in [0.29, 0.717) is 10.8 Å². The number of benzene rings is 2. The molecule has 102 valence electrons. The van der Waals surface area contributed by atoms with Crippen LogP contribution in [-0.4, -0.2) is 20.6 Å². The molecule has 7 heteroatoms. The third-order valence-electron chi connectivity index (χ3n) is 3.41. The lowest BCUT2D eigenvalue weighted by atomic mass is 9.97. The van der Waals surface area contributed by atoms with E-state index in [0.717, 1.165) is 22.4 Å². The van der Waals surface area contributed by atoms with E-state index in [4.69, 9.17) is 11.6 Å². The summed E-state index contributed by atoms with van der Waals surface area (Å²) in [7, 11) is 0. The number of aromatic nitrogens is 4. The van der Waals surface area contributed by atoms with E-state index in [-0.39, 0.29) is 6.04 Å². The summed E-state index contributed by atoms with van der Waals surface area (Å²) in [5.74, 6) is 0.625. The zero-order valence-electron chi connectivity index (χ0n) is 10.7. The maximum atomic E-state index is 5.93. The second kappa shape index (κ2) is 4.75. The molecule has 21 heavy (non-hydrogen) atoms. The van der Waals surface area contributed by atoms with Gasteiger partial charge < -0.3 is 0 Å². The van der Waals surface area contributed by atoms with Crippen molar-refractivity contribution in [2.45, 2.75) is 6.04 Å². The standard InChI is InChI=1S/C14H9ClN6/c15-10-4-1-8(2-5-10)13-11-7-9(14-18-20-21-19-14)3-6-12(11)16-17-13/h1-7,13H,(H,18,19,20,21). The van der Waals surface area contributed by atoms with Crippen molar-refractivity contribution in [3.63, 3.8) is 0 Å². The van der Waals surface area contributed by atoms with Gasteiger partial charge in [-0.05, 0) is 46.3 Å². The van der Waals surface area contributed by atoms with Crippen molar-refractivity contribution < 1.29 is 0 Å². The number of rotatable bonds is 2. The van der Waals surface area contributed by atoms with Crippen molar-refractivity contribution in [3.8, 4) is 11.4 Å². The molecule has 1 atom stereocenters. The maximum Gasteiger partial charge on any atom is 0.179 e. The molecule has 0 spiro atoms. The van der Waals surface area contributed by atoms with Crippen molar-refractivity contribution >= 4 is 17.3 Å². The summed E-state index contributed by atoms with van der Waals surface area (Å²) in [5, 5.41) is 23.2. The summed E-state index contributed by atoms with van der Waals surface area (Å²) in [6.07, 6.45) is 0. The van der Waals surface area contributed by atoms with Gasteiger partial charge in [0.15, 0.2) is 5.82 Å². The third-order valence-corrected chi connectivity index (χ3v) is 3.66. The minimum atomic E-state index is -0.118. The Bertz CT molecular complexity index is 810. The van der Waals surface area contributed by atoms with Crippen LogP contribution < -0.4 is 0 Å². The fraction of sp³-hybridized carbons (Fsp3) is 0.0714. The number of nitrogens with zero attached hydrogens (tertiary/aromatic N) is 5. The molecule has 0 saturated carbocycles. The molecular formula is C14H9ClN6. The van der Waals surface area contributed by atoms with Crippen LogP contribution in [0.3, 0.4) is 0 Å². The predicted octanol–water partition coefficient (Wildman–Crippen LogP) is 3.71. The van der Waals surface area contributed by atoms with Crippen LogP contribution in [0.25, 0.3) is 11.4 Å². The van der Waals surface area contributed by atoms with E-state index in [1.807, 2.05) is 42.5 Å². The summed E-state index contributed by atoms with van der Waals surface area (Å²) in [6.45, 7) is 0. The molecule has 1 unspecified atom stereocenters. The molecule has 0 radical (unpaired) electrons. The number of tetrazole rings is 1. The van der Waals surface area contributed by atoms with Crippen LogP contribution in [-0.2, 0) is 0 Å². The zero-order chi connectivity index (χ0) is 14.2. The molecule has 0 saturated heterocycles. The monoisotopic (exact) mass is 296 g/mol. The number of nitrogens with one attached hydrogen (secondary N) is 1. The van der Waals surface area contributed by atoms with Crippen LogP contribution in [0.4, 0.5) is 5.69 Å². The Labute approximate surface area is 124 Å². The number of H-pyrrole nitrogens is 1. The van der Waals surface area contributed by atoms with Gasteiger partial charge in [0.05, 0.1) is 5.69 Å². The Morgan fingerprint density at radius 3 is 2.67 bits per heavy atom. The molecule has 1 aliphatic rings. The van der Waals surface area contributed by atoms with Crippen LogP contribution >= 0.6 is 11.6 Å². The lowest BCUT2D eigenvalue weighted by molar-refractivity contribution is 0.862. The average Bonchev–Trinajstić information content (AvgIpc) is 3.17. The Morgan fingerprint density at radius 1 is 1.05 bits per heavy atom. The molecule has 4 rings (SSSR count). The topological polar surface area (TPSA) is 79.2 Å². The van der Waals surface area contributed by atoms with Gasteiger partial charge in [-0.3, -0.25) is 0 Å². The van der Waals surface area contributed by atoms with Crippen molar-refractivity contribution in [2.24, 2.45) is 10.2 Å². The molecule has 1 aromatic heterocycles. The fourth-order valence-corrected chi connectivity index (χ4v) is 2.49. The molecule has 0 bridgehead atoms. The van der Waals surface area contributed by atoms with Crippen LogP contribution in [0.15, 0.2) is 52.7 Å². The summed E-state index contributed by atoms with van der Waals surface area (Å²) in [4.78, 5) is 0. The quantitative estimate of drug-likeness (QED) is 0.783. The first-order chi connectivity index (χ1) is 10.3. The van der Waals surface area contributed by atoms with E-state index in [9.17, 15) is 0 Å². The molecule has 2 aromatic carbocycles. The second-order valence-corrected chi connectivity index (χ2v) is 5.13. The Hall–Kier alpha value is -2.60. The Kier molecular flexibility index (Phi) is 2.75. The van der Waals surface area contributed by atoms with E-state index in [1.54, 1.807) is 0 Å². The van der Waals surface area contributed by atoms with Gasteiger partial charge in [0.2, 0.25) is 0 Å². The highest BCUT2D eigenvalue weighted by Crippen LogP contribution is 2.41. The number of hydrogen-bond donors (Lipinski definition) is 1. The lowest BCUT2D eigenvalue weighted by Crippen LogP contribution is -1.95. The van der Waals surface area contributed by atoms with E-state index >= 15 is 0 Å². The van der Waals surface area contributed by atoms with Crippen LogP contribution in [0.2, 0.25) is 5.02 Å². The highest BCUT2D eigenvalue weighted by atomic mass is 35.5. The van der Waals surface area contributed by atoms with Crippen molar-refractivity contribution in [3.05, 3.63) is 58.6 Å². The molecule has 2 heterocycles. The van der Waals surface area contributed by atoms with Crippen LogP contribution in [0, 0.1) is 0 Å². The molecule has 0 amide bonds. The molecule has 0 aliphatic carbocycles. The molecular weight excluding hydrogens is 288 g/mol. The molecule has 1 N–H and O–H groups in total. The minimum absolute atomic E-state index is 0.118. The smallest absolute Gasteiger partial charge is 0.179 e. The highest BCUT2D eigenvalue weighted by Gasteiger charge is 2.23. The first kappa shape index (κ1) is 12.2. The minimum Gasteiger partial charge on any atom is -0.239 e.